The SMILES string of the molecule is Cc1c(CC(N)C(=O)O)c2c([N+](=O)[O-])c(-c3ccccc3)ccc2n1C. The molecule has 0 aliphatic heterocycles. The molecule has 0 bridgehead atoms. The van der Waals surface area contributed by atoms with Gasteiger partial charge in [-0.1, -0.05) is 30.3 Å². The second-order valence-electron chi connectivity index (χ2n) is 6.25. The summed E-state index contributed by atoms with van der Waals surface area (Å²) in [7, 11) is 1.80. The molecule has 7 heteroatoms. The lowest BCUT2D eigenvalue weighted by Gasteiger charge is -2.09. The van der Waals surface area contributed by atoms with E-state index in [0.29, 0.717) is 22.0 Å². The van der Waals surface area contributed by atoms with Crippen LogP contribution in [0.5, 0.6) is 0 Å². The van der Waals surface area contributed by atoms with Crippen LogP contribution in [0.4, 0.5) is 5.69 Å². The van der Waals surface area contributed by atoms with Crippen molar-refractivity contribution in [3.8, 4) is 11.1 Å². The van der Waals surface area contributed by atoms with Crippen molar-refractivity contribution in [3.05, 3.63) is 63.8 Å². The summed E-state index contributed by atoms with van der Waals surface area (Å²) < 4.78 is 1.83. The van der Waals surface area contributed by atoms with Crippen molar-refractivity contribution in [2.75, 3.05) is 0 Å². The highest BCUT2D eigenvalue weighted by Crippen LogP contribution is 2.40. The maximum absolute atomic E-state index is 12.0. The monoisotopic (exact) mass is 353 g/mol. The average Bonchev–Trinajstić information content (AvgIpc) is 2.86. The summed E-state index contributed by atoms with van der Waals surface area (Å²) in [6.07, 6.45) is 0.0254. The third-order valence-electron chi connectivity index (χ3n) is 4.77. The predicted octanol–water partition coefficient (Wildman–Crippen LogP) is 3.02. The fourth-order valence-electron chi connectivity index (χ4n) is 3.32. The Bertz CT molecular complexity index is 1010. The summed E-state index contributed by atoms with van der Waals surface area (Å²) >= 11 is 0. The lowest BCUT2D eigenvalue weighted by Crippen LogP contribution is -2.32. The van der Waals surface area contributed by atoms with Gasteiger partial charge in [0.1, 0.15) is 6.04 Å². The Labute approximate surface area is 149 Å². The minimum Gasteiger partial charge on any atom is -0.480 e. The first kappa shape index (κ1) is 17.6. The summed E-state index contributed by atoms with van der Waals surface area (Å²) in [6, 6.07) is 11.5. The van der Waals surface area contributed by atoms with Crippen LogP contribution < -0.4 is 5.73 Å². The molecule has 3 aromatic rings. The Kier molecular flexibility index (Phi) is 4.48. The lowest BCUT2D eigenvalue weighted by atomic mass is 9.96. The Hall–Kier alpha value is -3.19. The van der Waals surface area contributed by atoms with Gasteiger partial charge in [0.2, 0.25) is 0 Å². The molecule has 0 aliphatic carbocycles. The van der Waals surface area contributed by atoms with E-state index in [-0.39, 0.29) is 12.1 Å². The molecular formula is C19H19N3O4. The van der Waals surface area contributed by atoms with Crippen molar-refractivity contribution in [3.63, 3.8) is 0 Å². The quantitative estimate of drug-likeness (QED) is 0.541. The van der Waals surface area contributed by atoms with Crippen LogP contribution in [0.2, 0.25) is 0 Å². The molecule has 1 atom stereocenters. The molecule has 134 valence electrons. The number of hydrogen-bond acceptors (Lipinski definition) is 4. The predicted molar refractivity (Wildman–Crippen MR) is 99.1 cm³/mol. The maximum atomic E-state index is 12.0. The number of carboxylic acid groups (broad SMARTS) is 1. The topological polar surface area (TPSA) is 111 Å². The van der Waals surface area contributed by atoms with Crippen molar-refractivity contribution < 1.29 is 14.8 Å². The molecule has 0 amide bonds. The molecule has 0 radical (unpaired) electrons. The molecule has 3 rings (SSSR count). The highest BCUT2D eigenvalue weighted by Gasteiger charge is 2.28. The van der Waals surface area contributed by atoms with Gasteiger partial charge in [-0.3, -0.25) is 14.9 Å². The first-order chi connectivity index (χ1) is 12.3. The van der Waals surface area contributed by atoms with Gasteiger partial charge in [-0.05, 0) is 30.2 Å². The molecule has 0 aliphatic rings. The summed E-state index contributed by atoms with van der Waals surface area (Å²) in [5.74, 6) is -1.14. The number of nitro benzene ring substituents is 1. The number of aromatic nitrogens is 1. The highest BCUT2D eigenvalue weighted by molar-refractivity contribution is 6.00. The number of rotatable bonds is 5. The van der Waals surface area contributed by atoms with Crippen LogP contribution in [0.25, 0.3) is 22.0 Å². The van der Waals surface area contributed by atoms with Gasteiger partial charge in [0.15, 0.2) is 0 Å². The molecule has 7 nitrogen and oxygen atoms in total. The van der Waals surface area contributed by atoms with Crippen molar-refractivity contribution in [1.82, 2.24) is 4.57 Å². The second kappa shape index (κ2) is 6.61. The van der Waals surface area contributed by atoms with Crippen molar-refractivity contribution in [1.29, 1.82) is 0 Å². The standard InChI is InChI=1S/C19H19N3O4/c1-11-14(10-15(20)19(23)24)17-16(21(11)2)9-8-13(18(17)22(25)26)12-6-4-3-5-7-12/h3-9,15H,10,20H2,1-2H3,(H,23,24). The number of fused-ring (bicyclic) bond motifs is 1. The van der Waals surface area contributed by atoms with Gasteiger partial charge in [-0.15, -0.1) is 0 Å². The molecule has 26 heavy (non-hydrogen) atoms. The molecular weight excluding hydrogens is 334 g/mol. The van der Waals surface area contributed by atoms with Gasteiger partial charge >= 0.3 is 5.97 Å². The maximum Gasteiger partial charge on any atom is 0.320 e. The van der Waals surface area contributed by atoms with Gasteiger partial charge in [-0.2, -0.15) is 0 Å². The number of aryl methyl sites for hydroxylation is 1. The Morgan fingerprint density at radius 3 is 2.50 bits per heavy atom. The lowest BCUT2D eigenvalue weighted by molar-refractivity contribution is -0.382. The van der Waals surface area contributed by atoms with Crippen LogP contribution in [0.3, 0.4) is 0 Å². The molecule has 1 unspecified atom stereocenters. The zero-order chi connectivity index (χ0) is 19.0. The number of nitrogens with zero attached hydrogens (tertiary/aromatic N) is 2. The molecule has 0 fully saturated rings. The second-order valence-corrected chi connectivity index (χ2v) is 6.25. The van der Waals surface area contributed by atoms with E-state index in [9.17, 15) is 14.9 Å². The summed E-state index contributed by atoms with van der Waals surface area (Å²) in [5, 5.41) is 21.6. The molecule has 3 N–H and O–H groups in total. The van der Waals surface area contributed by atoms with E-state index in [2.05, 4.69) is 0 Å². The number of nitrogens with two attached hydrogens (primary N) is 1. The van der Waals surface area contributed by atoms with Gasteiger partial charge in [0.05, 0.1) is 21.4 Å². The first-order valence-electron chi connectivity index (χ1n) is 8.12. The highest BCUT2D eigenvalue weighted by atomic mass is 16.6. The van der Waals surface area contributed by atoms with E-state index < -0.39 is 16.9 Å². The normalized spacial score (nSPS) is 12.3. The van der Waals surface area contributed by atoms with Crippen molar-refractivity contribution >= 4 is 22.6 Å². The van der Waals surface area contributed by atoms with Gasteiger partial charge in [-0.25, -0.2) is 0 Å². The van der Waals surface area contributed by atoms with E-state index in [1.165, 1.54) is 0 Å². The third kappa shape index (κ3) is 2.82. The molecule has 0 spiro atoms. The fourth-order valence-corrected chi connectivity index (χ4v) is 3.32. The van der Waals surface area contributed by atoms with Gasteiger partial charge in [0, 0.05) is 19.2 Å². The van der Waals surface area contributed by atoms with Crippen LogP contribution >= 0.6 is 0 Å². The number of carbonyl (C=O) groups is 1. The van der Waals surface area contributed by atoms with Crippen molar-refractivity contribution in [2.45, 2.75) is 19.4 Å². The average molecular weight is 353 g/mol. The zero-order valence-corrected chi connectivity index (χ0v) is 14.5. The number of aliphatic carboxylic acids is 1. The Morgan fingerprint density at radius 1 is 1.27 bits per heavy atom. The van der Waals surface area contributed by atoms with Gasteiger partial charge < -0.3 is 15.4 Å². The smallest absolute Gasteiger partial charge is 0.320 e. The van der Waals surface area contributed by atoms with E-state index in [1.54, 1.807) is 13.1 Å². The van der Waals surface area contributed by atoms with Crippen LogP contribution in [0.1, 0.15) is 11.3 Å². The fraction of sp³-hybridized carbons (Fsp3) is 0.211. The van der Waals surface area contributed by atoms with Crippen LogP contribution in [0.15, 0.2) is 42.5 Å². The van der Waals surface area contributed by atoms with E-state index in [1.807, 2.05) is 47.9 Å². The molecule has 1 aromatic heterocycles. The minimum absolute atomic E-state index is 0.0232. The zero-order valence-electron chi connectivity index (χ0n) is 14.5. The summed E-state index contributed by atoms with van der Waals surface area (Å²) in [4.78, 5) is 22.7. The van der Waals surface area contributed by atoms with Crippen LogP contribution in [-0.2, 0) is 18.3 Å². The van der Waals surface area contributed by atoms with Crippen LogP contribution in [-0.4, -0.2) is 26.6 Å². The number of hydrogen-bond donors (Lipinski definition) is 2. The van der Waals surface area contributed by atoms with E-state index in [0.717, 1.165) is 11.3 Å². The number of carboxylic acids is 1. The number of benzene rings is 2. The minimum atomic E-state index is -1.14. The van der Waals surface area contributed by atoms with Gasteiger partial charge in [0.25, 0.3) is 5.69 Å². The number of nitro groups is 1. The Balaban J connectivity index is 2.36. The first-order valence-corrected chi connectivity index (χ1v) is 8.12. The van der Waals surface area contributed by atoms with Crippen molar-refractivity contribution in [2.24, 2.45) is 12.8 Å². The van der Waals surface area contributed by atoms with E-state index in [4.69, 9.17) is 10.8 Å². The largest absolute Gasteiger partial charge is 0.480 e. The third-order valence-corrected chi connectivity index (χ3v) is 4.77. The van der Waals surface area contributed by atoms with Crippen LogP contribution in [0, 0.1) is 17.0 Å². The summed E-state index contributed by atoms with van der Waals surface area (Å²) in [6.45, 7) is 1.82. The molecule has 0 saturated carbocycles. The Morgan fingerprint density at radius 2 is 1.92 bits per heavy atom. The molecule has 1 heterocycles. The molecule has 2 aromatic carbocycles. The van der Waals surface area contributed by atoms with E-state index >= 15 is 0 Å². The summed E-state index contributed by atoms with van der Waals surface area (Å²) in [5.41, 5.74) is 8.97. The molecule has 0 saturated heterocycles.